The zero-order chi connectivity index (χ0) is 15.5. The number of carboxylic acid groups (broad SMARTS) is 1. The van der Waals surface area contributed by atoms with Gasteiger partial charge in [-0.25, -0.2) is 17.9 Å². The lowest BCUT2D eigenvalue weighted by atomic mass is 10.0. The van der Waals surface area contributed by atoms with E-state index >= 15 is 0 Å². The number of benzene rings is 1. The molecule has 1 aliphatic rings. The number of hydrogen-bond acceptors (Lipinski definition) is 3. The highest BCUT2D eigenvalue weighted by Gasteiger charge is 2.33. The van der Waals surface area contributed by atoms with Crippen molar-refractivity contribution < 1.29 is 18.3 Å². The largest absolute Gasteiger partial charge is 0.478 e. The van der Waals surface area contributed by atoms with Crippen LogP contribution in [0.25, 0.3) is 6.08 Å². The van der Waals surface area contributed by atoms with Gasteiger partial charge in [-0.1, -0.05) is 25.0 Å². The molecule has 1 aromatic carbocycles. The topological polar surface area (TPSA) is 83.5 Å². The van der Waals surface area contributed by atoms with Gasteiger partial charge in [0.25, 0.3) is 0 Å². The smallest absolute Gasteiger partial charge is 0.328 e. The molecule has 21 heavy (non-hydrogen) atoms. The molecule has 2 rings (SSSR count). The van der Waals surface area contributed by atoms with E-state index in [0.717, 1.165) is 31.8 Å². The average molecular weight is 309 g/mol. The van der Waals surface area contributed by atoms with Gasteiger partial charge < -0.3 is 5.11 Å². The highest BCUT2D eigenvalue weighted by atomic mass is 32.2. The maximum Gasteiger partial charge on any atom is 0.328 e. The molecule has 1 aromatic rings. The van der Waals surface area contributed by atoms with Crippen molar-refractivity contribution in [3.8, 4) is 0 Å². The van der Waals surface area contributed by atoms with Gasteiger partial charge in [-0.3, -0.25) is 0 Å². The van der Waals surface area contributed by atoms with Crippen LogP contribution >= 0.6 is 0 Å². The lowest BCUT2D eigenvalue weighted by Gasteiger charge is -2.24. The van der Waals surface area contributed by atoms with Crippen molar-refractivity contribution in [3.63, 3.8) is 0 Å². The van der Waals surface area contributed by atoms with Crippen LogP contribution in [-0.4, -0.2) is 25.0 Å². The maximum absolute atomic E-state index is 12.3. The van der Waals surface area contributed by atoms with Crippen LogP contribution in [0.15, 0.2) is 35.2 Å². The molecular weight excluding hydrogens is 290 g/mol. The van der Waals surface area contributed by atoms with Gasteiger partial charge in [-0.15, -0.1) is 0 Å². The van der Waals surface area contributed by atoms with Crippen molar-refractivity contribution >= 4 is 22.1 Å². The molecule has 6 heteroatoms. The van der Waals surface area contributed by atoms with Crippen LogP contribution in [0.4, 0.5) is 0 Å². The molecule has 5 nitrogen and oxygen atoms in total. The summed E-state index contributed by atoms with van der Waals surface area (Å²) in [4.78, 5) is 10.6. The monoisotopic (exact) mass is 309 g/mol. The molecule has 1 fully saturated rings. The Bertz CT molecular complexity index is 641. The highest BCUT2D eigenvalue weighted by molar-refractivity contribution is 7.89. The Hall–Kier alpha value is -1.66. The number of aliphatic carboxylic acids is 1. The van der Waals surface area contributed by atoms with Crippen LogP contribution in [0, 0.1) is 0 Å². The van der Waals surface area contributed by atoms with Crippen molar-refractivity contribution in [1.82, 2.24) is 4.72 Å². The molecule has 0 saturated heterocycles. The average Bonchev–Trinajstić information content (AvgIpc) is 2.82. The molecule has 1 saturated carbocycles. The van der Waals surface area contributed by atoms with Crippen molar-refractivity contribution in [2.45, 2.75) is 43.0 Å². The molecule has 2 N–H and O–H groups in total. The second kappa shape index (κ2) is 5.99. The first-order chi connectivity index (χ1) is 9.81. The van der Waals surface area contributed by atoms with E-state index in [0.29, 0.717) is 5.56 Å². The number of nitrogens with one attached hydrogen (secondary N) is 1. The van der Waals surface area contributed by atoms with E-state index in [4.69, 9.17) is 5.11 Å². The molecule has 0 aliphatic heterocycles. The van der Waals surface area contributed by atoms with Gasteiger partial charge in [0.2, 0.25) is 10.0 Å². The van der Waals surface area contributed by atoms with Crippen LogP contribution in [0.5, 0.6) is 0 Å². The third-order valence-electron chi connectivity index (χ3n) is 3.70. The summed E-state index contributed by atoms with van der Waals surface area (Å²) in [6.45, 7) is 1.93. The maximum atomic E-state index is 12.3. The minimum absolute atomic E-state index is 0.197. The summed E-state index contributed by atoms with van der Waals surface area (Å²) in [5, 5.41) is 8.55. The fourth-order valence-corrected chi connectivity index (χ4v) is 4.03. The van der Waals surface area contributed by atoms with E-state index in [1.807, 2.05) is 6.92 Å². The van der Waals surface area contributed by atoms with Crippen molar-refractivity contribution in [3.05, 3.63) is 35.9 Å². The summed E-state index contributed by atoms with van der Waals surface area (Å²) in [5.74, 6) is -1.04. The first-order valence-electron chi connectivity index (χ1n) is 6.86. The first-order valence-corrected chi connectivity index (χ1v) is 8.34. The summed E-state index contributed by atoms with van der Waals surface area (Å²) < 4.78 is 27.5. The Morgan fingerprint density at radius 3 is 2.33 bits per heavy atom. The number of carboxylic acids is 1. The Morgan fingerprint density at radius 1 is 1.24 bits per heavy atom. The van der Waals surface area contributed by atoms with Crippen molar-refractivity contribution in [2.24, 2.45) is 0 Å². The van der Waals surface area contributed by atoms with Crippen molar-refractivity contribution in [1.29, 1.82) is 0 Å². The predicted molar refractivity (Wildman–Crippen MR) is 80.3 cm³/mol. The van der Waals surface area contributed by atoms with Gasteiger partial charge in [0, 0.05) is 11.6 Å². The summed E-state index contributed by atoms with van der Waals surface area (Å²) in [7, 11) is -3.54. The molecule has 0 aromatic heterocycles. The minimum Gasteiger partial charge on any atom is -0.478 e. The van der Waals surface area contributed by atoms with Crippen LogP contribution < -0.4 is 4.72 Å². The molecule has 0 amide bonds. The van der Waals surface area contributed by atoms with E-state index in [1.165, 1.54) is 18.2 Å². The number of rotatable bonds is 5. The van der Waals surface area contributed by atoms with Gasteiger partial charge >= 0.3 is 5.97 Å². The molecule has 1 aliphatic carbocycles. The van der Waals surface area contributed by atoms with Gasteiger partial charge in [-0.2, -0.15) is 0 Å². The summed E-state index contributed by atoms with van der Waals surface area (Å²) in [6.07, 6.45) is 6.22. The third kappa shape index (κ3) is 4.15. The fraction of sp³-hybridized carbons (Fsp3) is 0.400. The quantitative estimate of drug-likeness (QED) is 0.818. The lowest BCUT2D eigenvalue weighted by Crippen LogP contribution is -2.43. The standard InChI is InChI=1S/C15H19NO4S/c1-15(10-2-3-11-15)16-21(19,20)13-7-4-12(5-8-13)6-9-14(17)18/h4-9,16H,2-3,10-11H2,1H3,(H,17,18)/b9-6+. The fourth-order valence-electron chi connectivity index (χ4n) is 2.57. The Kier molecular flexibility index (Phi) is 4.49. The van der Waals surface area contributed by atoms with Gasteiger partial charge in [0.15, 0.2) is 0 Å². The molecule has 0 bridgehead atoms. The summed E-state index contributed by atoms with van der Waals surface area (Å²) >= 11 is 0. The summed E-state index contributed by atoms with van der Waals surface area (Å²) in [6, 6.07) is 6.15. The van der Waals surface area contributed by atoms with E-state index in [-0.39, 0.29) is 10.4 Å². The summed E-state index contributed by atoms with van der Waals surface area (Å²) in [5.41, 5.74) is 0.282. The highest BCUT2D eigenvalue weighted by Crippen LogP contribution is 2.30. The zero-order valence-corrected chi connectivity index (χ0v) is 12.7. The van der Waals surface area contributed by atoms with Crippen LogP contribution in [-0.2, 0) is 14.8 Å². The lowest BCUT2D eigenvalue weighted by molar-refractivity contribution is -0.131. The van der Waals surface area contributed by atoms with E-state index in [1.54, 1.807) is 12.1 Å². The zero-order valence-electron chi connectivity index (χ0n) is 11.9. The molecule has 0 radical (unpaired) electrons. The van der Waals surface area contributed by atoms with Gasteiger partial charge in [0.1, 0.15) is 0 Å². The van der Waals surface area contributed by atoms with Gasteiger partial charge in [0.05, 0.1) is 4.90 Å². The third-order valence-corrected chi connectivity index (χ3v) is 5.35. The number of hydrogen-bond donors (Lipinski definition) is 2. The number of sulfonamides is 1. The molecule has 0 heterocycles. The van der Waals surface area contributed by atoms with E-state index in [9.17, 15) is 13.2 Å². The minimum atomic E-state index is -3.54. The van der Waals surface area contributed by atoms with E-state index in [2.05, 4.69) is 4.72 Å². The van der Waals surface area contributed by atoms with Crippen LogP contribution in [0.1, 0.15) is 38.2 Å². The molecule has 0 unspecified atom stereocenters. The molecular formula is C15H19NO4S. The molecule has 114 valence electrons. The van der Waals surface area contributed by atoms with Crippen molar-refractivity contribution in [2.75, 3.05) is 0 Å². The Balaban J connectivity index is 2.15. The first kappa shape index (κ1) is 15.7. The second-order valence-electron chi connectivity index (χ2n) is 5.61. The van der Waals surface area contributed by atoms with Gasteiger partial charge in [-0.05, 0) is 43.5 Å². The van der Waals surface area contributed by atoms with Crippen LogP contribution in [0.2, 0.25) is 0 Å². The molecule has 0 spiro atoms. The normalized spacial score (nSPS) is 18.1. The Labute approximate surface area is 124 Å². The Morgan fingerprint density at radius 2 is 1.81 bits per heavy atom. The molecule has 0 atom stereocenters. The SMILES string of the molecule is CC1(NS(=O)(=O)c2ccc(/C=C/C(=O)O)cc2)CCCC1. The predicted octanol–water partition coefficient (Wildman–Crippen LogP) is 2.40. The second-order valence-corrected chi connectivity index (χ2v) is 7.30. The number of carbonyl (C=O) groups is 1. The van der Waals surface area contributed by atoms with Crippen LogP contribution in [0.3, 0.4) is 0 Å². The van der Waals surface area contributed by atoms with E-state index < -0.39 is 16.0 Å².